The van der Waals surface area contributed by atoms with E-state index in [-0.39, 0.29) is 37.6 Å². The maximum absolute atomic E-state index is 10.5. The summed E-state index contributed by atoms with van der Waals surface area (Å²) in [5.41, 5.74) is 0. The molecule has 23 heavy (non-hydrogen) atoms. The van der Waals surface area contributed by atoms with E-state index < -0.39 is 11.9 Å². The van der Waals surface area contributed by atoms with Crippen LogP contribution in [-0.2, 0) is 19.2 Å². The first-order chi connectivity index (χ1) is 10.7. The second kappa shape index (κ2) is 20.2. The molecule has 0 fully saturated rings. The quantitative estimate of drug-likeness (QED) is 0.432. The molecule has 0 amide bonds. The molecule has 0 spiro atoms. The van der Waals surface area contributed by atoms with Gasteiger partial charge in [0.2, 0.25) is 0 Å². The van der Waals surface area contributed by atoms with E-state index in [1.807, 2.05) is 13.8 Å². The van der Waals surface area contributed by atoms with Crippen molar-refractivity contribution in [2.24, 2.45) is 0 Å². The summed E-state index contributed by atoms with van der Waals surface area (Å²) in [5, 5.41) is 32.0. The molecule has 0 aromatic heterocycles. The number of aliphatic hydroxyl groups excluding tert-OH is 2. The van der Waals surface area contributed by atoms with Gasteiger partial charge in [-0.1, -0.05) is 13.8 Å². The van der Waals surface area contributed by atoms with Gasteiger partial charge < -0.3 is 20.4 Å². The smallest absolute Gasteiger partial charge is 0.310 e. The van der Waals surface area contributed by atoms with Crippen molar-refractivity contribution < 1.29 is 39.6 Å². The Morgan fingerprint density at radius 1 is 0.696 bits per heavy atom. The van der Waals surface area contributed by atoms with E-state index in [2.05, 4.69) is 0 Å². The summed E-state index contributed by atoms with van der Waals surface area (Å²) in [7, 11) is 0. The van der Waals surface area contributed by atoms with Gasteiger partial charge in [-0.3, -0.25) is 19.2 Å². The fourth-order valence-electron chi connectivity index (χ4n) is 1.14. The highest BCUT2D eigenvalue weighted by molar-refractivity contribution is 5.95. The van der Waals surface area contributed by atoms with Gasteiger partial charge in [0.05, 0.1) is 0 Å². The van der Waals surface area contributed by atoms with Crippen molar-refractivity contribution in [1.82, 2.24) is 0 Å². The zero-order valence-electron chi connectivity index (χ0n) is 13.8. The van der Waals surface area contributed by atoms with Gasteiger partial charge in [0.1, 0.15) is 24.4 Å². The fraction of sp³-hybridized carbons (Fsp3) is 0.733. The Labute approximate surface area is 136 Å². The van der Waals surface area contributed by atoms with Gasteiger partial charge in [-0.15, -0.1) is 0 Å². The third-order valence-corrected chi connectivity index (χ3v) is 2.07. The number of carbonyl (C=O) groups is 4. The van der Waals surface area contributed by atoms with Gasteiger partial charge in [0.15, 0.2) is 0 Å². The highest BCUT2D eigenvalue weighted by atomic mass is 16.4. The average Bonchev–Trinajstić information content (AvgIpc) is 2.39. The van der Waals surface area contributed by atoms with Crippen molar-refractivity contribution in [3.8, 4) is 0 Å². The van der Waals surface area contributed by atoms with E-state index in [0.29, 0.717) is 19.3 Å². The van der Waals surface area contributed by atoms with Crippen LogP contribution in [-0.4, -0.2) is 57.1 Å². The zero-order valence-corrected chi connectivity index (χ0v) is 13.8. The van der Waals surface area contributed by atoms with E-state index in [0.717, 1.165) is 12.8 Å². The second-order valence-corrected chi connectivity index (χ2v) is 4.52. The summed E-state index contributed by atoms with van der Waals surface area (Å²) in [6, 6.07) is 0. The minimum Gasteiger partial charge on any atom is -0.481 e. The number of carbonyl (C=O) groups excluding carboxylic acids is 2. The highest BCUT2D eigenvalue weighted by Gasteiger charge is 2.05. The van der Waals surface area contributed by atoms with Gasteiger partial charge in [-0.05, 0) is 19.3 Å². The zero-order chi connectivity index (χ0) is 18.7. The Kier molecular flexibility index (Phi) is 22.9. The highest BCUT2D eigenvalue weighted by Crippen LogP contribution is 1.93. The Bertz CT molecular complexity index is 306. The Balaban J connectivity index is -0.000000273. The van der Waals surface area contributed by atoms with Gasteiger partial charge in [0, 0.05) is 26.1 Å². The van der Waals surface area contributed by atoms with E-state index in [9.17, 15) is 19.2 Å². The third kappa shape index (κ3) is 33.2. The maximum Gasteiger partial charge on any atom is 0.310 e. The molecule has 4 N–H and O–H groups in total. The van der Waals surface area contributed by atoms with Crippen molar-refractivity contribution >= 4 is 23.5 Å². The molecule has 0 bridgehead atoms. The minimum absolute atomic E-state index is 0.0938. The molecule has 0 saturated carbocycles. The number of aliphatic carboxylic acids is 2. The fourth-order valence-corrected chi connectivity index (χ4v) is 1.14. The molecule has 8 nitrogen and oxygen atoms in total. The van der Waals surface area contributed by atoms with E-state index in [4.69, 9.17) is 20.4 Å². The lowest BCUT2D eigenvalue weighted by Gasteiger charge is -1.90. The van der Waals surface area contributed by atoms with E-state index in [1.165, 1.54) is 0 Å². The van der Waals surface area contributed by atoms with Crippen molar-refractivity contribution in [2.75, 3.05) is 13.2 Å². The second-order valence-electron chi connectivity index (χ2n) is 4.52. The Hall–Kier alpha value is -1.80. The van der Waals surface area contributed by atoms with Crippen LogP contribution in [0.15, 0.2) is 0 Å². The monoisotopic (exact) mass is 336 g/mol. The lowest BCUT2D eigenvalue weighted by Crippen LogP contribution is -2.05. The van der Waals surface area contributed by atoms with Crippen molar-refractivity contribution in [2.45, 2.75) is 58.8 Å². The number of Topliss-reactive ketones (excluding diaryl/α,β-unsaturated/α-hetero) is 2. The van der Waals surface area contributed by atoms with E-state index in [1.54, 1.807) is 0 Å². The van der Waals surface area contributed by atoms with Crippen LogP contribution in [0, 0.1) is 0 Å². The summed E-state index contributed by atoms with van der Waals surface area (Å²) in [5.74, 6) is -2.45. The standard InChI is InChI=1S/2C6H10O3.C3H8O2/c2*1-2-3-5(7)4-6(8)9;4-2-1-3-5/h2*2-4H2,1H3,(H,8,9);4-5H,1-3H2. The van der Waals surface area contributed by atoms with Gasteiger partial charge >= 0.3 is 11.9 Å². The van der Waals surface area contributed by atoms with Crippen LogP contribution in [0.4, 0.5) is 0 Å². The summed E-state index contributed by atoms with van der Waals surface area (Å²) in [6.07, 6.45) is 2.07. The first-order valence-corrected chi connectivity index (χ1v) is 7.43. The first-order valence-electron chi connectivity index (χ1n) is 7.43. The lowest BCUT2D eigenvalue weighted by atomic mass is 10.2. The molecular weight excluding hydrogens is 308 g/mol. The molecule has 0 aliphatic heterocycles. The predicted molar refractivity (Wildman–Crippen MR) is 83.1 cm³/mol. The number of rotatable bonds is 10. The summed E-state index contributed by atoms with van der Waals surface area (Å²) in [4.78, 5) is 40.7. The summed E-state index contributed by atoms with van der Waals surface area (Å²) < 4.78 is 0. The molecule has 136 valence electrons. The Morgan fingerprint density at radius 2 is 1.00 bits per heavy atom. The number of aliphatic hydroxyl groups is 2. The van der Waals surface area contributed by atoms with Crippen LogP contribution in [0.25, 0.3) is 0 Å². The number of ketones is 2. The largest absolute Gasteiger partial charge is 0.481 e. The number of hydrogen-bond acceptors (Lipinski definition) is 6. The lowest BCUT2D eigenvalue weighted by molar-refractivity contribution is -0.141. The van der Waals surface area contributed by atoms with Gasteiger partial charge in [0.25, 0.3) is 0 Å². The van der Waals surface area contributed by atoms with Crippen molar-refractivity contribution in [1.29, 1.82) is 0 Å². The summed E-state index contributed by atoms with van der Waals surface area (Å²) in [6.45, 7) is 3.88. The van der Waals surface area contributed by atoms with Gasteiger partial charge in [-0.2, -0.15) is 0 Å². The third-order valence-electron chi connectivity index (χ3n) is 2.07. The normalized spacial score (nSPS) is 8.87. The minimum atomic E-state index is -1.03. The number of carboxylic acid groups (broad SMARTS) is 2. The van der Waals surface area contributed by atoms with Crippen LogP contribution in [0.1, 0.15) is 58.8 Å². The van der Waals surface area contributed by atoms with Crippen LogP contribution in [0.5, 0.6) is 0 Å². The van der Waals surface area contributed by atoms with Crippen molar-refractivity contribution in [3.05, 3.63) is 0 Å². The van der Waals surface area contributed by atoms with Crippen molar-refractivity contribution in [3.63, 3.8) is 0 Å². The van der Waals surface area contributed by atoms with Crippen LogP contribution >= 0.6 is 0 Å². The maximum atomic E-state index is 10.5. The van der Waals surface area contributed by atoms with Crippen LogP contribution in [0.2, 0.25) is 0 Å². The molecule has 0 aromatic rings. The molecular formula is C15H28O8. The van der Waals surface area contributed by atoms with Crippen LogP contribution < -0.4 is 0 Å². The molecule has 0 atom stereocenters. The molecule has 0 aliphatic carbocycles. The molecule has 0 heterocycles. The topological polar surface area (TPSA) is 149 Å². The van der Waals surface area contributed by atoms with E-state index >= 15 is 0 Å². The van der Waals surface area contributed by atoms with Gasteiger partial charge in [-0.25, -0.2) is 0 Å². The SMILES string of the molecule is CCCC(=O)CC(=O)O.CCCC(=O)CC(=O)O.OCCCO. The number of hydrogen-bond donors (Lipinski definition) is 4. The summed E-state index contributed by atoms with van der Waals surface area (Å²) >= 11 is 0. The first kappa shape index (κ1) is 26.1. The Morgan fingerprint density at radius 3 is 1.13 bits per heavy atom. The molecule has 0 radical (unpaired) electrons. The molecule has 0 aliphatic rings. The van der Waals surface area contributed by atoms with Crippen LogP contribution in [0.3, 0.4) is 0 Å². The molecule has 0 aromatic carbocycles. The molecule has 0 saturated heterocycles. The molecule has 0 rings (SSSR count). The number of carboxylic acids is 2. The molecule has 0 unspecified atom stereocenters. The average molecular weight is 336 g/mol. The predicted octanol–water partition coefficient (Wildman–Crippen LogP) is 1.02. The molecule has 8 heteroatoms.